The molecule has 5 nitrogen and oxygen atoms in total. The molecule has 2 aromatic carbocycles. The van der Waals surface area contributed by atoms with Crippen molar-refractivity contribution in [2.45, 2.75) is 45.6 Å². The van der Waals surface area contributed by atoms with Gasteiger partial charge in [-0.15, -0.1) is 6.58 Å². The quantitative estimate of drug-likeness (QED) is 0.519. The van der Waals surface area contributed by atoms with Crippen LogP contribution in [0.2, 0.25) is 0 Å². The predicted octanol–water partition coefficient (Wildman–Crippen LogP) is 5.60. The number of carbonyl (C=O) groups excluding carboxylic acids is 1. The minimum atomic E-state index is -0.566. The third kappa shape index (κ3) is 4.51. The van der Waals surface area contributed by atoms with Crippen LogP contribution in [0, 0.1) is 5.92 Å². The number of phenolic OH excluding ortho intramolecular Hbond substituents is 3. The Morgan fingerprint density at radius 2 is 1.80 bits per heavy atom. The van der Waals surface area contributed by atoms with Crippen LogP contribution in [0.25, 0.3) is 0 Å². The van der Waals surface area contributed by atoms with Gasteiger partial charge >= 0.3 is 0 Å². The average molecular weight is 408 g/mol. The Bertz CT molecular complexity index is 988. The van der Waals surface area contributed by atoms with Gasteiger partial charge in [-0.1, -0.05) is 29.9 Å². The summed E-state index contributed by atoms with van der Waals surface area (Å²) in [5.74, 6) is -0.223. The van der Waals surface area contributed by atoms with Gasteiger partial charge in [0.1, 0.15) is 34.7 Å². The van der Waals surface area contributed by atoms with E-state index in [9.17, 15) is 20.1 Å². The number of ether oxygens (including phenoxy) is 1. The lowest BCUT2D eigenvalue weighted by Gasteiger charge is -2.29. The first-order valence-corrected chi connectivity index (χ1v) is 10.0. The highest BCUT2D eigenvalue weighted by Crippen LogP contribution is 2.46. The third-order valence-electron chi connectivity index (χ3n) is 5.58. The number of hydrogen-bond donors (Lipinski definition) is 3. The van der Waals surface area contributed by atoms with Gasteiger partial charge in [0, 0.05) is 11.6 Å². The van der Waals surface area contributed by atoms with Crippen LogP contribution < -0.4 is 4.74 Å². The molecule has 1 heterocycles. The van der Waals surface area contributed by atoms with E-state index in [1.165, 1.54) is 18.2 Å². The van der Waals surface area contributed by atoms with Crippen molar-refractivity contribution in [3.8, 4) is 23.0 Å². The number of carbonyl (C=O) groups is 1. The zero-order valence-electron chi connectivity index (χ0n) is 17.4. The molecular formula is C25H28O5. The van der Waals surface area contributed by atoms with Gasteiger partial charge in [-0.25, -0.2) is 0 Å². The number of rotatable bonds is 7. The number of phenols is 3. The number of Topliss-reactive ketones (excluding diaryl/α,β-unsaturated/α-hetero) is 1. The van der Waals surface area contributed by atoms with Crippen molar-refractivity contribution < 1.29 is 24.9 Å². The summed E-state index contributed by atoms with van der Waals surface area (Å²) in [6.07, 6.45) is 1.58. The van der Waals surface area contributed by atoms with Crippen molar-refractivity contribution in [3.63, 3.8) is 0 Å². The molecule has 30 heavy (non-hydrogen) atoms. The fraction of sp³-hybridized carbons (Fsp3) is 0.320. The van der Waals surface area contributed by atoms with E-state index < -0.39 is 6.10 Å². The lowest BCUT2D eigenvalue weighted by atomic mass is 9.85. The fourth-order valence-electron chi connectivity index (χ4n) is 3.79. The molecule has 1 aliphatic rings. The molecule has 0 amide bonds. The van der Waals surface area contributed by atoms with E-state index in [2.05, 4.69) is 13.2 Å². The number of fused-ring (bicyclic) bond motifs is 1. The van der Waals surface area contributed by atoms with Crippen LogP contribution in [0.5, 0.6) is 23.0 Å². The molecule has 2 atom stereocenters. The molecule has 0 aromatic heterocycles. The molecule has 1 aliphatic heterocycles. The number of hydrogen-bond acceptors (Lipinski definition) is 5. The summed E-state index contributed by atoms with van der Waals surface area (Å²) in [7, 11) is 0. The van der Waals surface area contributed by atoms with Gasteiger partial charge in [0.25, 0.3) is 0 Å². The highest BCUT2D eigenvalue weighted by atomic mass is 16.5. The van der Waals surface area contributed by atoms with Gasteiger partial charge in [-0.05, 0) is 56.7 Å². The Morgan fingerprint density at radius 3 is 2.40 bits per heavy atom. The second-order valence-corrected chi connectivity index (χ2v) is 8.17. The van der Waals surface area contributed by atoms with Crippen molar-refractivity contribution in [3.05, 3.63) is 71.3 Å². The Labute approximate surface area is 177 Å². The molecule has 0 saturated carbocycles. The maximum Gasteiger partial charge on any atom is 0.174 e. The molecule has 1 unspecified atom stereocenters. The Morgan fingerprint density at radius 1 is 1.13 bits per heavy atom. The number of aromatic hydroxyl groups is 3. The summed E-state index contributed by atoms with van der Waals surface area (Å²) >= 11 is 0. The molecule has 3 rings (SSSR count). The van der Waals surface area contributed by atoms with Crippen molar-refractivity contribution in [2.24, 2.45) is 5.92 Å². The largest absolute Gasteiger partial charge is 0.508 e. The Balaban J connectivity index is 2.00. The number of allylic oxidation sites excluding steroid dienone is 2. The van der Waals surface area contributed by atoms with Crippen molar-refractivity contribution in [2.75, 3.05) is 0 Å². The molecule has 0 bridgehead atoms. The summed E-state index contributed by atoms with van der Waals surface area (Å²) < 4.78 is 6.16. The molecule has 0 aliphatic carbocycles. The molecule has 0 fully saturated rings. The highest BCUT2D eigenvalue weighted by molar-refractivity contribution is 6.03. The predicted molar refractivity (Wildman–Crippen MR) is 116 cm³/mol. The molecule has 158 valence electrons. The van der Waals surface area contributed by atoms with Gasteiger partial charge in [0.2, 0.25) is 0 Å². The zero-order valence-corrected chi connectivity index (χ0v) is 17.4. The van der Waals surface area contributed by atoms with Crippen molar-refractivity contribution in [1.82, 2.24) is 0 Å². The van der Waals surface area contributed by atoms with Crippen LogP contribution in [0.4, 0.5) is 0 Å². The van der Waals surface area contributed by atoms with Crippen molar-refractivity contribution in [1.29, 1.82) is 0 Å². The van der Waals surface area contributed by atoms with Crippen LogP contribution >= 0.6 is 0 Å². The fourth-order valence-corrected chi connectivity index (χ4v) is 3.79. The smallest absolute Gasteiger partial charge is 0.174 e. The van der Waals surface area contributed by atoms with Gasteiger partial charge < -0.3 is 20.1 Å². The lowest BCUT2D eigenvalue weighted by Crippen LogP contribution is -2.22. The molecule has 5 heteroatoms. The van der Waals surface area contributed by atoms with E-state index in [0.29, 0.717) is 12.0 Å². The van der Waals surface area contributed by atoms with Crippen molar-refractivity contribution >= 4 is 5.78 Å². The molecular weight excluding hydrogens is 380 g/mol. The molecule has 2 aromatic rings. The van der Waals surface area contributed by atoms with Crippen LogP contribution in [-0.4, -0.2) is 21.1 Å². The summed E-state index contributed by atoms with van der Waals surface area (Å²) in [6.45, 7) is 12.0. The second kappa shape index (κ2) is 8.66. The summed E-state index contributed by atoms with van der Waals surface area (Å²) in [6, 6.07) is 7.68. The van der Waals surface area contributed by atoms with Crippen LogP contribution in [0.1, 0.15) is 60.7 Å². The first-order chi connectivity index (χ1) is 14.2. The molecule has 0 saturated heterocycles. The van der Waals surface area contributed by atoms with Gasteiger partial charge in [-0.2, -0.15) is 0 Å². The molecule has 0 radical (unpaired) electrons. The maximum atomic E-state index is 12.9. The second-order valence-electron chi connectivity index (χ2n) is 8.17. The molecule has 3 N–H and O–H groups in total. The molecule has 0 spiro atoms. The SMILES string of the molecule is C=C(C)CCC(Cc1c(O)cc(O)c2c1O[C@@H](c1ccc(O)cc1)CC2=O)C(=C)C. The number of ketones is 1. The van der Waals surface area contributed by atoms with E-state index in [-0.39, 0.29) is 46.7 Å². The topological polar surface area (TPSA) is 87.0 Å². The normalized spacial score (nSPS) is 16.5. The van der Waals surface area contributed by atoms with E-state index in [1.54, 1.807) is 12.1 Å². The van der Waals surface area contributed by atoms with Crippen LogP contribution in [0.3, 0.4) is 0 Å². The summed E-state index contributed by atoms with van der Waals surface area (Å²) in [5, 5.41) is 30.5. The minimum absolute atomic E-state index is 0.0639. The van der Waals surface area contributed by atoms with E-state index >= 15 is 0 Å². The first kappa shape index (κ1) is 21.5. The van der Waals surface area contributed by atoms with E-state index in [0.717, 1.165) is 29.6 Å². The van der Waals surface area contributed by atoms with Gasteiger partial charge in [0.05, 0.1) is 6.42 Å². The lowest BCUT2D eigenvalue weighted by molar-refractivity contribution is 0.0841. The van der Waals surface area contributed by atoms with Crippen LogP contribution in [-0.2, 0) is 6.42 Å². The monoisotopic (exact) mass is 408 g/mol. The van der Waals surface area contributed by atoms with Crippen LogP contribution in [0.15, 0.2) is 54.6 Å². The third-order valence-corrected chi connectivity index (χ3v) is 5.58. The minimum Gasteiger partial charge on any atom is -0.508 e. The summed E-state index contributed by atoms with van der Waals surface area (Å²) in [5.41, 5.74) is 3.37. The zero-order chi connectivity index (χ0) is 22.0. The Hall–Kier alpha value is -3.21. The highest BCUT2D eigenvalue weighted by Gasteiger charge is 2.34. The summed E-state index contributed by atoms with van der Waals surface area (Å²) in [4.78, 5) is 12.9. The van der Waals surface area contributed by atoms with E-state index in [4.69, 9.17) is 4.74 Å². The van der Waals surface area contributed by atoms with E-state index in [1.807, 2.05) is 13.8 Å². The first-order valence-electron chi connectivity index (χ1n) is 10.0. The van der Waals surface area contributed by atoms with Gasteiger partial charge in [-0.3, -0.25) is 4.79 Å². The van der Waals surface area contributed by atoms with Gasteiger partial charge in [0.15, 0.2) is 5.78 Å². The Kier molecular flexibility index (Phi) is 6.20. The average Bonchev–Trinajstić information content (AvgIpc) is 2.66. The standard InChI is InChI=1S/C25H28O5/c1-14(2)5-6-17(15(3)4)11-19-20(27)12-21(28)24-22(29)13-23(30-25(19)24)16-7-9-18(26)10-8-16/h7-10,12,17,23,26-28H,1,3,5-6,11,13H2,2,4H3/t17?,23-/m1/s1. The number of benzene rings is 2. The maximum absolute atomic E-state index is 12.9.